The average Bonchev–Trinajstić information content (AvgIpc) is 3.80. The summed E-state index contributed by atoms with van der Waals surface area (Å²) in [5.41, 5.74) is 11.4. The lowest BCUT2D eigenvalue weighted by Crippen LogP contribution is -2.12. The summed E-state index contributed by atoms with van der Waals surface area (Å²) in [7, 11) is 5.55. The fourth-order valence-corrected chi connectivity index (χ4v) is 6.65. The van der Waals surface area contributed by atoms with Gasteiger partial charge < -0.3 is 4.90 Å². The van der Waals surface area contributed by atoms with Crippen molar-refractivity contribution in [3.63, 3.8) is 0 Å². The van der Waals surface area contributed by atoms with E-state index in [0.29, 0.717) is 0 Å². The highest BCUT2D eigenvalue weighted by molar-refractivity contribution is 6.11. The summed E-state index contributed by atoms with van der Waals surface area (Å²) in [6.07, 6.45) is 0. The van der Waals surface area contributed by atoms with Crippen molar-refractivity contribution in [3.8, 4) is 22.3 Å². The van der Waals surface area contributed by atoms with Gasteiger partial charge in [-0.3, -0.25) is 0 Å². The molecule has 0 amide bonds. The van der Waals surface area contributed by atoms with Crippen molar-refractivity contribution in [1.29, 1.82) is 0 Å². The van der Waals surface area contributed by atoms with Gasteiger partial charge in [-0.15, -0.1) is 0 Å². The zero-order valence-electron chi connectivity index (χ0n) is 25.9. The number of anilines is 3. The zero-order chi connectivity index (χ0) is 31.6. The van der Waals surface area contributed by atoms with E-state index in [1.807, 2.05) is 51.5 Å². The van der Waals surface area contributed by atoms with Crippen molar-refractivity contribution < 1.29 is 0 Å². The molecule has 0 spiro atoms. The molecule has 0 bridgehead atoms. The lowest BCUT2D eigenvalue weighted by Gasteiger charge is -2.26. The number of fused-ring (bicyclic) bond motifs is 4. The molecule has 0 saturated carbocycles. The summed E-state index contributed by atoms with van der Waals surface area (Å²) in [5.74, 6) is 0. The maximum Gasteiger partial charge on any atom is 0.137 e. The fourth-order valence-electron chi connectivity index (χ4n) is 6.65. The first-order valence-electron chi connectivity index (χ1n) is 15.4. The van der Waals surface area contributed by atoms with E-state index in [0.717, 1.165) is 77.8 Å². The number of hydrogen-bond acceptors (Lipinski definition) is 7. The van der Waals surface area contributed by atoms with Gasteiger partial charge in [0, 0.05) is 32.3 Å². The topological polar surface area (TPSA) is 95.4 Å². The molecule has 47 heavy (non-hydrogen) atoms. The first-order valence-corrected chi connectivity index (χ1v) is 15.4. The van der Waals surface area contributed by atoms with E-state index in [1.54, 1.807) is 14.4 Å². The van der Waals surface area contributed by atoms with Crippen molar-refractivity contribution in [2.24, 2.45) is 21.1 Å². The van der Waals surface area contributed by atoms with Gasteiger partial charge in [-0.05, 0) is 58.3 Å². The Balaban J connectivity index is 1.35. The normalized spacial score (nSPS) is 11.7. The monoisotopic (exact) mass is 612 g/mol. The summed E-state index contributed by atoms with van der Waals surface area (Å²) in [6, 6.07) is 39.6. The number of hydrogen-bond donors (Lipinski definition) is 0. The molecule has 0 atom stereocenters. The van der Waals surface area contributed by atoms with Gasteiger partial charge in [0.2, 0.25) is 0 Å². The molecule has 9 aromatic rings. The number of nitrogens with zero attached hydrogens (tertiary/aromatic N) is 10. The second-order valence-electron chi connectivity index (χ2n) is 11.6. The van der Waals surface area contributed by atoms with Crippen LogP contribution in [0, 0.1) is 0 Å². The molecular weight excluding hydrogens is 584 g/mol. The number of aryl methyl sites for hydroxylation is 3. The van der Waals surface area contributed by atoms with Crippen LogP contribution in [0.5, 0.6) is 0 Å². The molecule has 0 N–H and O–H groups in total. The van der Waals surface area contributed by atoms with Crippen molar-refractivity contribution in [1.82, 2.24) is 45.0 Å². The Bertz CT molecular complexity index is 2630. The van der Waals surface area contributed by atoms with Crippen LogP contribution in [-0.2, 0) is 21.1 Å². The first kappa shape index (κ1) is 26.9. The van der Waals surface area contributed by atoms with E-state index < -0.39 is 0 Å². The van der Waals surface area contributed by atoms with Gasteiger partial charge in [-0.2, -0.15) is 45.0 Å². The second kappa shape index (κ2) is 10.3. The molecule has 6 aromatic carbocycles. The van der Waals surface area contributed by atoms with Gasteiger partial charge in [-0.25, -0.2) is 0 Å². The molecule has 3 heterocycles. The third kappa shape index (κ3) is 4.26. The summed E-state index contributed by atoms with van der Waals surface area (Å²) < 4.78 is 0. The largest absolute Gasteiger partial charge is 0.304 e. The summed E-state index contributed by atoms with van der Waals surface area (Å²) in [4.78, 5) is 7.04. The van der Waals surface area contributed by atoms with Crippen LogP contribution in [0.25, 0.3) is 66.1 Å². The van der Waals surface area contributed by atoms with Crippen molar-refractivity contribution in [3.05, 3.63) is 115 Å². The van der Waals surface area contributed by atoms with E-state index in [4.69, 9.17) is 25.5 Å². The highest BCUT2D eigenvalue weighted by atomic mass is 15.5. The van der Waals surface area contributed by atoms with Crippen molar-refractivity contribution in [2.45, 2.75) is 0 Å². The Hall–Kier alpha value is -6.42. The van der Waals surface area contributed by atoms with Crippen LogP contribution in [0.2, 0.25) is 0 Å². The minimum atomic E-state index is 0.753. The van der Waals surface area contributed by atoms with E-state index >= 15 is 0 Å². The predicted octanol–water partition coefficient (Wildman–Crippen LogP) is 7.49. The molecule has 0 aliphatic carbocycles. The fraction of sp³-hybridized carbons (Fsp3) is 0.0811. The van der Waals surface area contributed by atoms with Gasteiger partial charge in [0.25, 0.3) is 0 Å². The highest BCUT2D eigenvalue weighted by Crippen LogP contribution is 2.46. The molecule has 226 valence electrons. The van der Waals surface area contributed by atoms with Crippen LogP contribution in [0.3, 0.4) is 0 Å². The Morgan fingerprint density at radius 3 is 1.72 bits per heavy atom. The van der Waals surface area contributed by atoms with Crippen LogP contribution >= 0.6 is 0 Å². The summed E-state index contributed by atoms with van der Waals surface area (Å²) >= 11 is 0. The van der Waals surface area contributed by atoms with Crippen LogP contribution in [-0.4, -0.2) is 45.0 Å². The third-order valence-corrected chi connectivity index (χ3v) is 8.62. The molecule has 0 fully saturated rings. The number of rotatable bonds is 5. The number of aromatic nitrogens is 9. The smallest absolute Gasteiger partial charge is 0.137 e. The highest BCUT2D eigenvalue weighted by Gasteiger charge is 2.27. The van der Waals surface area contributed by atoms with Crippen molar-refractivity contribution >= 4 is 60.9 Å². The van der Waals surface area contributed by atoms with Crippen molar-refractivity contribution in [2.75, 3.05) is 4.90 Å². The Morgan fingerprint density at radius 1 is 0.404 bits per heavy atom. The molecule has 10 nitrogen and oxygen atoms in total. The molecule has 10 heteroatoms. The van der Waals surface area contributed by atoms with Crippen LogP contribution in [0.1, 0.15) is 0 Å². The Kier molecular flexibility index (Phi) is 5.91. The van der Waals surface area contributed by atoms with Gasteiger partial charge >= 0.3 is 0 Å². The molecular formula is C37H28N10. The SMILES string of the molecule is Cn1nc2cccc(N(c3ccc(-c4ccccc4)c4nn(C)nc34)c3ccc(-c4cccc5ccccc45)c4nn(C)nc34)c2n1. The zero-order valence-corrected chi connectivity index (χ0v) is 25.9. The van der Waals surface area contributed by atoms with Crippen LogP contribution < -0.4 is 4.90 Å². The molecule has 0 saturated heterocycles. The quantitative estimate of drug-likeness (QED) is 0.199. The summed E-state index contributed by atoms with van der Waals surface area (Å²) in [6.45, 7) is 0. The van der Waals surface area contributed by atoms with E-state index in [2.05, 4.69) is 94.9 Å². The predicted molar refractivity (Wildman–Crippen MR) is 186 cm³/mol. The molecule has 0 unspecified atom stereocenters. The lowest BCUT2D eigenvalue weighted by atomic mass is 9.96. The van der Waals surface area contributed by atoms with Crippen LogP contribution in [0.15, 0.2) is 115 Å². The standard InChI is InChI=1S/C37H28N10/c1-44-38-29-17-10-18-30(35(29)41-44)47(31-21-19-26(24-11-5-4-6-12-24)33-36(31)42-45(2)39-33)32-22-20-28(34-37(32)43-46(3)40-34)27-16-9-14-23-13-7-8-15-25(23)27/h4-22H,1-3H3. The average molecular weight is 613 g/mol. The molecule has 0 aliphatic heterocycles. The van der Waals surface area contributed by atoms with E-state index in [1.165, 1.54) is 5.39 Å². The van der Waals surface area contributed by atoms with Crippen LogP contribution in [0.4, 0.5) is 17.1 Å². The molecule has 0 radical (unpaired) electrons. The minimum absolute atomic E-state index is 0.753. The van der Waals surface area contributed by atoms with Gasteiger partial charge in [0.1, 0.15) is 33.1 Å². The Morgan fingerprint density at radius 2 is 0.957 bits per heavy atom. The maximum absolute atomic E-state index is 4.97. The Labute approximate surface area is 269 Å². The molecule has 0 aliphatic rings. The molecule has 9 rings (SSSR count). The van der Waals surface area contributed by atoms with E-state index in [9.17, 15) is 0 Å². The first-order chi connectivity index (χ1) is 23.0. The molecule has 3 aromatic heterocycles. The third-order valence-electron chi connectivity index (χ3n) is 8.62. The maximum atomic E-state index is 4.97. The number of benzene rings is 6. The lowest BCUT2D eigenvalue weighted by molar-refractivity contribution is 0.665. The second-order valence-corrected chi connectivity index (χ2v) is 11.6. The van der Waals surface area contributed by atoms with Gasteiger partial charge in [0.15, 0.2) is 0 Å². The minimum Gasteiger partial charge on any atom is -0.304 e. The van der Waals surface area contributed by atoms with Gasteiger partial charge in [0.05, 0.1) is 17.1 Å². The van der Waals surface area contributed by atoms with E-state index in [-0.39, 0.29) is 0 Å². The summed E-state index contributed by atoms with van der Waals surface area (Å²) in [5, 5.41) is 31.4. The van der Waals surface area contributed by atoms with Gasteiger partial charge in [-0.1, -0.05) is 78.9 Å².